The van der Waals surface area contributed by atoms with Crippen LogP contribution in [0.1, 0.15) is 56.5 Å². The number of aromatic nitrogens is 2. The SMILES string of the molecule is [C-]#[N+]C1=C[C@@]2(C)c3nn(-c4ccc(-c5ccccc5)cc4)c(CC4CCC4)c3CC[C@@H]2[C@@H](C)C1=O. The number of fused-ring (bicyclic) bond motifs is 3. The number of rotatable bonds is 4. The first-order chi connectivity index (χ1) is 17.0. The Morgan fingerprint density at radius 3 is 2.43 bits per heavy atom. The minimum Gasteiger partial charge on any atom is -0.308 e. The topological polar surface area (TPSA) is 39.2 Å². The second-order valence-corrected chi connectivity index (χ2v) is 10.8. The molecule has 3 atom stereocenters. The first kappa shape index (κ1) is 22.0. The van der Waals surface area contributed by atoms with Gasteiger partial charge in [0.15, 0.2) is 5.78 Å². The molecule has 0 amide bonds. The van der Waals surface area contributed by atoms with Crippen LogP contribution in [0.2, 0.25) is 0 Å². The molecule has 0 unspecified atom stereocenters. The second-order valence-electron chi connectivity index (χ2n) is 10.8. The molecule has 6 rings (SSSR count). The minimum atomic E-state index is -0.385. The summed E-state index contributed by atoms with van der Waals surface area (Å²) in [4.78, 5) is 16.4. The highest BCUT2D eigenvalue weighted by Gasteiger charge is 2.50. The van der Waals surface area contributed by atoms with Crippen LogP contribution in [0.15, 0.2) is 66.4 Å². The van der Waals surface area contributed by atoms with Crippen LogP contribution < -0.4 is 0 Å². The zero-order valence-corrected chi connectivity index (χ0v) is 20.5. The van der Waals surface area contributed by atoms with Crippen LogP contribution in [-0.4, -0.2) is 15.6 Å². The van der Waals surface area contributed by atoms with Crippen molar-refractivity contribution in [3.63, 3.8) is 0 Å². The van der Waals surface area contributed by atoms with Crippen LogP contribution in [0, 0.1) is 24.3 Å². The Morgan fingerprint density at radius 2 is 1.77 bits per heavy atom. The van der Waals surface area contributed by atoms with E-state index in [1.54, 1.807) is 0 Å². The number of nitrogens with zero attached hydrogens (tertiary/aromatic N) is 3. The van der Waals surface area contributed by atoms with Gasteiger partial charge in [-0.2, -0.15) is 5.10 Å². The van der Waals surface area contributed by atoms with Crippen molar-refractivity contribution < 1.29 is 4.79 Å². The molecule has 176 valence electrons. The van der Waals surface area contributed by atoms with Crippen molar-refractivity contribution in [3.8, 4) is 16.8 Å². The number of hydrogen-bond donors (Lipinski definition) is 0. The Labute approximate surface area is 207 Å². The van der Waals surface area contributed by atoms with E-state index < -0.39 is 0 Å². The molecule has 4 nitrogen and oxygen atoms in total. The van der Waals surface area contributed by atoms with E-state index >= 15 is 0 Å². The van der Waals surface area contributed by atoms with Crippen LogP contribution in [0.5, 0.6) is 0 Å². The van der Waals surface area contributed by atoms with Gasteiger partial charge in [-0.3, -0.25) is 0 Å². The van der Waals surface area contributed by atoms with Gasteiger partial charge in [0.05, 0.1) is 18.0 Å². The molecule has 0 aliphatic heterocycles. The standard InChI is InChI=1S/C31H31N3O/c1-20-26-17-16-25-28(18-21-8-7-9-21)34(33-30(25)31(26,2)19-27(32-3)29(20)35)24-14-12-23(13-15-24)22-10-5-4-6-11-22/h4-6,10-15,19-21,26H,7-9,16-18H2,1-2H3/t20-,26-,31-/m1/s1. The van der Waals surface area contributed by atoms with Crippen molar-refractivity contribution in [2.75, 3.05) is 0 Å². The third kappa shape index (κ3) is 3.48. The van der Waals surface area contributed by atoms with Gasteiger partial charge in [0.25, 0.3) is 0 Å². The molecule has 1 aromatic heterocycles. The Kier molecular flexibility index (Phi) is 5.25. The fraction of sp³-hybridized carbons (Fsp3) is 0.387. The van der Waals surface area contributed by atoms with E-state index in [2.05, 4.69) is 65.0 Å². The largest absolute Gasteiger partial charge is 0.308 e. The van der Waals surface area contributed by atoms with Gasteiger partial charge in [-0.05, 0) is 59.9 Å². The first-order valence-electron chi connectivity index (χ1n) is 12.9. The summed E-state index contributed by atoms with van der Waals surface area (Å²) in [6.07, 6.45) is 8.82. The molecule has 0 radical (unpaired) electrons. The van der Waals surface area contributed by atoms with Crippen molar-refractivity contribution in [2.24, 2.45) is 17.8 Å². The fourth-order valence-electron chi connectivity index (χ4n) is 6.58. The fourth-order valence-corrected chi connectivity index (χ4v) is 6.58. The maximum atomic E-state index is 12.8. The average molecular weight is 462 g/mol. The predicted octanol–water partition coefficient (Wildman–Crippen LogP) is 6.72. The Balaban J connectivity index is 1.47. The molecular weight excluding hydrogens is 430 g/mol. The van der Waals surface area contributed by atoms with E-state index in [9.17, 15) is 4.79 Å². The third-order valence-electron chi connectivity index (χ3n) is 8.83. The Bertz CT molecular complexity index is 1350. The summed E-state index contributed by atoms with van der Waals surface area (Å²) < 4.78 is 2.18. The molecule has 1 heterocycles. The number of Topliss-reactive ketones (excluding diaryl/α,β-unsaturated/α-hetero) is 1. The highest BCUT2D eigenvalue weighted by atomic mass is 16.1. The van der Waals surface area contributed by atoms with E-state index in [-0.39, 0.29) is 28.7 Å². The number of carbonyl (C=O) groups excluding carboxylic acids is 1. The van der Waals surface area contributed by atoms with Crippen molar-refractivity contribution in [1.29, 1.82) is 0 Å². The van der Waals surface area contributed by atoms with Gasteiger partial charge in [-0.15, -0.1) is 0 Å². The smallest absolute Gasteiger partial charge is 0.226 e. The highest BCUT2D eigenvalue weighted by molar-refractivity contribution is 6.00. The molecule has 4 heteroatoms. The average Bonchev–Trinajstić information content (AvgIpc) is 3.24. The molecule has 2 aromatic carbocycles. The zero-order chi connectivity index (χ0) is 24.2. The first-order valence-corrected chi connectivity index (χ1v) is 12.9. The van der Waals surface area contributed by atoms with Gasteiger partial charge in [-0.1, -0.05) is 81.7 Å². The molecule has 0 bridgehead atoms. The van der Waals surface area contributed by atoms with Crippen LogP contribution in [0.4, 0.5) is 0 Å². The number of allylic oxidation sites excluding steroid dienone is 2. The van der Waals surface area contributed by atoms with Crippen molar-refractivity contribution in [3.05, 3.63) is 94.7 Å². The Hall–Kier alpha value is -3.45. The molecule has 0 saturated heterocycles. The highest BCUT2D eigenvalue weighted by Crippen LogP contribution is 2.51. The summed E-state index contributed by atoms with van der Waals surface area (Å²) >= 11 is 0. The quantitative estimate of drug-likeness (QED) is 0.404. The summed E-state index contributed by atoms with van der Waals surface area (Å²) in [6, 6.07) is 19.2. The van der Waals surface area contributed by atoms with E-state index in [1.165, 1.54) is 41.6 Å². The molecule has 0 N–H and O–H groups in total. The van der Waals surface area contributed by atoms with Gasteiger partial charge >= 0.3 is 0 Å². The zero-order valence-electron chi connectivity index (χ0n) is 20.5. The molecule has 1 fully saturated rings. The minimum absolute atomic E-state index is 0.00319. The third-order valence-corrected chi connectivity index (χ3v) is 8.83. The second kappa shape index (κ2) is 8.34. The molecular formula is C31H31N3O. The molecule has 0 spiro atoms. The molecule has 3 aliphatic carbocycles. The van der Waals surface area contributed by atoms with Crippen molar-refractivity contribution >= 4 is 5.78 Å². The lowest BCUT2D eigenvalue weighted by Gasteiger charge is -2.44. The molecule has 35 heavy (non-hydrogen) atoms. The van der Waals surface area contributed by atoms with Gasteiger partial charge < -0.3 is 4.79 Å². The molecule has 3 aromatic rings. The number of benzene rings is 2. The lowest BCUT2D eigenvalue weighted by atomic mass is 9.58. The van der Waals surface area contributed by atoms with E-state index in [0.717, 1.165) is 36.6 Å². The molecule has 3 aliphatic rings. The summed E-state index contributed by atoms with van der Waals surface area (Å²) in [5.41, 5.74) is 7.16. The van der Waals surface area contributed by atoms with E-state index in [4.69, 9.17) is 11.7 Å². The van der Waals surface area contributed by atoms with Gasteiger partial charge in [0.1, 0.15) is 0 Å². The van der Waals surface area contributed by atoms with E-state index in [1.807, 2.05) is 19.1 Å². The number of carbonyl (C=O) groups is 1. The lowest BCUT2D eigenvalue weighted by Crippen LogP contribution is -2.45. The van der Waals surface area contributed by atoms with Crippen molar-refractivity contribution in [1.82, 2.24) is 9.78 Å². The van der Waals surface area contributed by atoms with Gasteiger partial charge in [0, 0.05) is 17.0 Å². The monoisotopic (exact) mass is 461 g/mol. The van der Waals surface area contributed by atoms with Crippen LogP contribution in [-0.2, 0) is 23.1 Å². The van der Waals surface area contributed by atoms with Crippen molar-refractivity contribution in [2.45, 2.75) is 57.8 Å². The lowest BCUT2D eigenvalue weighted by molar-refractivity contribution is -0.121. The van der Waals surface area contributed by atoms with Gasteiger partial charge in [-0.25, -0.2) is 9.53 Å². The summed E-state index contributed by atoms with van der Waals surface area (Å²) in [5, 5.41) is 5.28. The Morgan fingerprint density at radius 1 is 1.06 bits per heavy atom. The number of ketones is 1. The normalized spacial score (nSPS) is 25.7. The summed E-state index contributed by atoms with van der Waals surface area (Å²) in [5.74, 6) is 0.766. The van der Waals surface area contributed by atoms with Crippen LogP contribution in [0.3, 0.4) is 0 Å². The maximum Gasteiger partial charge on any atom is 0.226 e. The van der Waals surface area contributed by atoms with E-state index in [0.29, 0.717) is 0 Å². The van der Waals surface area contributed by atoms with Crippen LogP contribution in [0.25, 0.3) is 21.7 Å². The summed E-state index contributed by atoms with van der Waals surface area (Å²) in [6.45, 7) is 11.8. The van der Waals surface area contributed by atoms with Crippen LogP contribution >= 0.6 is 0 Å². The maximum absolute atomic E-state index is 12.8. The predicted molar refractivity (Wildman–Crippen MR) is 138 cm³/mol. The number of hydrogen-bond acceptors (Lipinski definition) is 2. The molecule has 1 saturated carbocycles. The summed E-state index contributed by atoms with van der Waals surface area (Å²) in [7, 11) is 0. The van der Waals surface area contributed by atoms with Gasteiger partial charge in [0.2, 0.25) is 5.70 Å².